The summed E-state index contributed by atoms with van der Waals surface area (Å²) < 4.78 is 4.61. The third-order valence-electron chi connectivity index (χ3n) is 2.01. The fourth-order valence-electron chi connectivity index (χ4n) is 1.22. The first-order chi connectivity index (χ1) is 4.79. The average Bonchev–Trinajstić information content (AvgIpc) is 1.86. The number of methoxy groups -OCH3 is 1. The van der Waals surface area contributed by atoms with Crippen molar-refractivity contribution in [2.45, 2.75) is 19.4 Å². The van der Waals surface area contributed by atoms with Gasteiger partial charge in [0, 0.05) is 6.54 Å². The number of esters is 1. The van der Waals surface area contributed by atoms with Crippen molar-refractivity contribution >= 4 is 5.97 Å². The summed E-state index contributed by atoms with van der Waals surface area (Å²) in [5.41, 5.74) is 0. The molecule has 0 saturated carbocycles. The van der Waals surface area contributed by atoms with Crippen LogP contribution in [0, 0.1) is 0 Å². The summed E-state index contributed by atoms with van der Waals surface area (Å²) in [4.78, 5) is 13.0. The molecule has 0 N–H and O–H groups in total. The van der Waals surface area contributed by atoms with Crippen LogP contribution in [-0.2, 0) is 9.53 Å². The Labute approximate surface area is 61.0 Å². The molecule has 0 aliphatic carbocycles. The van der Waals surface area contributed by atoms with E-state index >= 15 is 0 Å². The van der Waals surface area contributed by atoms with Gasteiger partial charge in [-0.3, -0.25) is 9.69 Å². The lowest BCUT2D eigenvalue weighted by atomic mass is 10.0. The van der Waals surface area contributed by atoms with Crippen LogP contribution in [0.3, 0.4) is 0 Å². The molecule has 1 aliphatic rings. The van der Waals surface area contributed by atoms with Gasteiger partial charge in [-0.15, -0.1) is 0 Å². The van der Waals surface area contributed by atoms with Gasteiger partial charge in [0.15, 0.2) is 0 Å². The third-order valence-corrected chi connectivity index (χ3v) is 2.01. The van der Waals surface area contributed by atoms with Crippen molar-refractivity contribution in [1.29, 1.82) is 0 Å². The molecule has 0 spiro atoms. The highest BCUT2D eigenvalue weighted by atomic mass is 16.5. The van der Waals surface area contributed by atoms with E-state index in [1.807, 2.05) is 0 Å². The first kappa shape index (κ1) is 7.54. The largest absolute Gasteiger partial charge is 0.468 e. The Morgan fingerprint density at radius 2 is 2.50 bits per heavy atom. The van der Waals surface area contributed by atoms with Gasteiger partial charge in [-0.2, -0.15) is 0 Å². The van der Waals surface area contributed by atoms with Crippen LogP contribution < -0.4 is 0 Å². The highest BCUT2D eigenvalue weighted by Crippen LogP contribution is 2.16. The molecule has 3 nitrogen and oxygen atoms in total. The molecule has 58 valence electrons. The van der Waals surface area contributed by atoms with Gasteiger partial charge in [0.05, 0.1) is 7.11 Å². The van der Waals surface area contributed by atoms with Gasteiger partial charge in [0.25, 0.3) is 0 Å². The second-order valence-electron chi connectivity index (χ2n) is 2.46. The summed E-state index contributed by atoms with van der Waals surface area (Å²) in [6, 6.07) is 0.0509. The Kier molecular flexibility index (Phi) is 2.27. The molecule has 0 radical (unpaired) electrons. The van der Waals surface area contributed by atoms with Crippen LogP contribution in [0.5, 0.6) is 0 Å². The van der Waals surface area contributed by atoms with E-state index in [1.165, 1.54) is 7.11 Å². The number of likely N-dealkylation sites (N-methyl/N-ethyl adjacent to an activating group) is 1. The lowest BCUT2D eigenvalue weighted by molar-refractivity contribution is -0.151. The number of nitrogens with zero attached hydrogens (tertiary/aromatic N) is 1. The van der Waals surface area contributed by atoms with Gasteiger partial charge in [-0.05, 0) is 13.0 Å². The Morgan fingerprint density at radius 3 is 2.80 bits per heavy atom. The number of carbonyl (C=O) groups excluding carboxylic acids is 1. The van der Waals surface area contributed by atoms with Gasteiger partial charge < -0.3 is 4.74 Å². The highest BCUT2D eigenvalue weighted by molar-refractivity contribution is 5.76. The quantitative estimate of drug-likeness (QED) is 0.519. The summed E-state index contributed by atoms with van der Waals surface area (Å²) >= 11 is 0. The molecular weight excluding hydrogens is 130 g/mol. The molecule has 0 amide bonds. The minimum atomic E-state index is -0.0897. The summed E-state index contributed by atoms with van der Waals surface area (Å²) in [7, 11) is 1.44. The first-order valence-electron chi connectivity index (χ1n) is 3.61. The zero-order valence-corrected chi connectivity index (χ0v) is 6.46. The molecule has 1 rings (SSSR count). The van der Waals surface area contributed by atoms with Crippen molar-refractivity contribution < 1.29 is 9.53 Å². The minimum absolute atomic E-state index is 0.0509. The van der Waals surface area contributed by atoms with Crippen molar-refractivity contribution in [1.82, 2.24) is 4.90 Å². The summed E-state index contributed by atoms with van der Waals surface area (Å²) in [5, 5.41) is 0. The van der Waals surface area contributed by atoms with Gasteiger partial charge >= 0.3 is 5.97 Å². The van der Waals surface area contributed by atoms with Gasteiger partial charge in [0.2, 0.25) is 0 Å². The van der Waals surface area contributed by atoms with Crippen molar-refractivity contribution in [3.63, 3.8) is 0 Å². The molecule has 1 aliphatic heterocycles. The first-order valence-corrected chi connectivity index (χ1v) is 3.61. The van der Waals surface area contributed by atoms with Crippen molar-refractivity contribution in [3.8, 4) is 0 Å². The standard InChI is InChI=1S/C7H13NO2/c1-3-8-5-4-6(8)7(9)10-2/h6H,3-5H2,1-2H3/t6-/m0/s1. The van der Waals surface area contributed by atoms with E-state index in [1.54, 1.807) is 0 Å². The Hall–Kier alpha value is -0.570. The van der Waals surface area contributed by atoms with Crippen LogP contribution in [0.1, 0.15) is 13.3 Å². The van der Waals surface area contributed by atoms with Crippen molar-refractivity contribution in [3.05, 3.63) is 0 Å². The normalized spacial score (nSPS) is 25.6. The number of hydrogen-bond donors (Lipinski definition) is 0. The molecule has 0 bridgehead atoms. The van der Waals surface area contributed by atoms with E-state index in [4.69, 9.17) is 0 Å². The Bertz CT molecular complexity index is 134. The van der Waals surface area contributed by atoms with Crippen molar-refractivity contribution in [2.24, 2.45) is 0 Å². The lowest BCUT2D eigenvalue weighted by Gasteiger charge is -2.37. The lowest BCUT2D eigenvalue weighted by Crippen LogP contribution is -2.52. The average molecular weight is 143 g/mol. The summed E-state index contributed by atoms with van der Waals surface area (Å²) in [6.45, 7) is 4.03. The van der Waals surface area contributed by atoms with E-state index in [0.29, 0.717) is 0 Å². The van der Waals surface area contributed by atoms with E-state index in [-0.39, 0.29) is 12.0 Å². The number of hydrogen-bond acceptors (Lipinski definition) is 3. The number of likely N-dealkylation sites (tertiary alicyclic amines) is 1. The number of carbonyl (C=O) groups is 1. The Morgan fingerprint density at radius 1 is 1.80 bits per heavy atom. The maximum atomic E-state index is 10.9. The summed E-state index contributed by atoms with van der Waals surface area (Å²) in [6.07, 6.45) is 0.959. The molecule has 0 unspecified atom stereocenters. The smallest absolute Gasteiger partial charge is 0.323 e. The fourth-order valence-corrected chi connectivity index (χ4v) is 1.22. The van der Waals surface area contributed by atoms with Crippen LogP contribution in [-0.4, -0.2) is 37.1 Å². The number of rotatable bonds is 2. The molecular formula is C7H13NO2. The second kappa shape index (κ2) is 3.01. The monoisotopic (exact) mass is 143 g/mol. The van der Waals surface area contributed by atoms with Crippen LogP contribution in [0.15, 0.2) is 0 Å². The van der Waals surface area contributed by atoms with Crippen LogP contribution in [0.2, 0.25) is 0 Å². The summed E-state index contributed by atoms with van der Waals surface area (Å²) in [5.74, 6) is -0.0897. The van der Waals surface area contributed by atoms with Crippen LogP contribution in [0.4, 0.5) is 0 Å². The maximum Gasteiger partial charge on any atom is 0.323 e. The molecule has 0 aromatic carbocycles. The predicted molar refractivity (Wildman–Crippen MR) is 37.7 cm³/mol. The minimum Gasteiger partial charge on any atom is -0.468 e. The molecule has 1 saturated heterocycles. The predicted octanol–water partition coefficient (Wildman–Crippen LogP) is 0.254. The molecule has 0 aromatic heterocycles. The molecule has 3 heteroatoms. The van der Waals surface area contributed by atoms with E-state index in [9.17, 15) is 4.79 Å². The zero-order chi connectivity index (χ0) is 7.56. The fraction of sp³-hybridized carbons (Fsp3) is 0.857. The third kappa shape index (κ3) is 1.14. The Balaban J connectivity index is 2.35. The van der Waals surface area contributed by atoms with Gasteiger partial charge in [0.1, 0.15) is 6.04 Å². The topological polar surface area (TPSA) is 29.5 Å². The van der Waals surface area contributed by atoms with E-state index < -0.39 is 0 Å². The van der Waals surface area contributed by atoms with Crippen LogP contribution >= 0.6 is 0 Å². The molecule has 10 heavy (non-hydrogen) atoms. The molecule has 1 atom stereocenters. The van der Waals surface area contributed by atoms with Crippen molar-refractivity contribution in [2.75, 3.05) is 20.2 Å². The van der Waals surface area contributed by atoms with Crippen LogP contribution in [0.25, 0.3) is 0 Å². The molecule has 1 fully saturated rings. The van der Waals surface area contributed by atoms with Gasteiger partial charge in [-0.1, -0.05) is 6.92 Å². The maximum absolute atomic E-state index is 10.9. The second-order valence-corrected chi connectivity index (χ2v) is 2.46. The van der Waals surface area contributed by atoms with E-state index in [0.717, 1.165) is 19.5 Å². The highest BCUT2D eigenvalue weighted by Gasteiger charge is 2.33. The number of ether oxygens (including phenoxy) is 1. The molecule has 1 heterocycles. The SMILES string of the molecule is CCN1CC[C@H]1C(=O)OC. The van der Waals surface area contributed by atoms with E-state index in [2.05, 4.69) is 16.6 Å². The van der Waals surface area contributed by atoms with Gasteiger partial charge in [-0.25, -0.2) is 0 Å². The molecule has 0 aromatic rings. The zero-order valence-electron chi connectivity index (χ0n) is 6.46.